The molecule has 0 N–H and O–H groups in total. The van der Waals surface area contributed by atoms with Crippen molar-refractivity contribution >= 4 is 17.7 Å². The van der Waals surface area contributed by atoms with Crippen molar-refractivity contribution < 1.29 is 9.53 Å². The van der Waals surface area contributed by atoms with Crippen molar-refractivity contribution in [2.45, 2.75) is 52.1 Å². The Kier molecular flexibility index (Phi) is 5.19. The molecular formula is C24H30N4O2. The average Bonchev–Trinajstić information content (AvgIpc) is 3.17. The second-order valence-corrected chi connectivity index (χ2v) is 8.67. The summed E-state index contributed by atoms with van der Waals surface area (Å²) >= 11 is 0. The number of nitrogens with zero attached hydrogens (tertiary/aromatic N) is 4. The van der Waals surface area contributed by atoms with Crippen molar-refractivity contribution in [2.24, 2.45) is 16.8 Å². The van der Waals surface area contributed by atoms with Crippen molar-refractivity contribution in [1.82, 2.24) is 14.7 Å². The average molecular weight is 407 g/mol. The number of allylic oxidation sites excluding steroid dienone is 5. The largest absolute Gasteiger partial charge is 0.381 e. The fourth-order valence-corrected chi connectivity index (χ4v) is 5.29. The number of carbonyl (C=O) groups is 1. The van der Waals surface area contributed by atoms with Crippen LogP contribution < -0.4 is 0 Å². The first-order valence-corrected chi connectivity index (χ1v) is 11.2. The second kappa shape index (κ2) is 7.99. The van der Waals surface area contributed by atoms with Crippen LogP contribution in [0.5, 0.6) is 0 Å². The van der Waals surface area contributed by atoms with Gasteiger partial charge in [0.2, 0.25) is 5.91 Å². The van der Waals surface area contributed by atoms with Gasteiger partial charge < -0.3 is 9.64 Å². The first-order valence-electron chi connectivity index (χ1n) is 11.2. The van der Waals surface area contributed by atoms with E-state index in [0.29, 0.717) is 18.5 Å². The van der Waals surface area contributed by atoms with E-state index in [1.807, 2.05) is 11.1 Å². The summed E-state index contributed by atoms with van der Waals surface area (Å²) in [7, 11) is 0. The van der Waals surface area contributed by atoms with Gasteiger partial charge in [-0.25, -0.2) is 0 Å². The molecule has 1 aromatic rings. The molecule has 0 bridgehead atoms. The van der Waals surface area contributed by atoms with E-state index in [4.69, 9.17) is 9.84 Å². The van der Waals surface area contributed by atoms with Gasteiger partial charge >= 0.3 is 0 Å². The SMILES string of the molecule is CCC1=CN=CC2C(c3nn(C4CCOCC4)c4c3CN(C(C)=O)CC4)=CC=CC12. The fourth-order valence-electron chi connectivity index (χ4n) is 5.29. The van der Waals surface area contributed by atoms with Crippen LogP contribution in [0.3, 0.4) is 0 Å². The van der Waals surface area contributed by atoms with Crippen molar-refractivity contribution in [1.29, 1.82) is 0 Å². The van der Waals surface area contributed by atoms with Gasteiger partial charge in [0.1, 0.15) is 0 Å². The van der Waals surface area contributed by atoms with Gasteiger partial charge in [-0.05, 0) is 30.4 Å². The molecule has 4 heterocycles. The highest BCUT2D eigenvalue weighted by Crippen LogP contribution is 2.41. The number of hydrogen-bond donors (Lipinski definition) is 0. The van der Waals surface area contributed by atoms with Gasteiger partial charge in [-0.15, -0.1) is 0 Å². The smallest absolute Gasteiger partial charge is 0.219 e. The standard InChI is InChI=1S/C24H30N4O2/c1-3-17-13-25-14-21-19(17)5-4-6-20(21)24-22-15-27(16(2)29)10-7-23(22)28(26-24)18-8-11-30-12-9-18/h4-6,13-14,18-19,21H,3,7-12,15H2,1-2H3. The minimum Gasteiger partial charge on any atom is -0.381 e. The first kappa shape index (κ1) is 19.5. The Labute approximate surface area is 178 Å². The minimum absolute atomic E-state index is 0.135. The zero-order valence-electron chi connectivity index (χ0n) is 17.9. The van der Waals surface area contributed by atoms with Gasteiger partial charge in [0.05, 0.1) is 11.7 Å². The molecule has 158 valence electrons. The lowest BCUT2D eigenvalue weighted by atomic mass is 9.75. The van der Waals surface area contributed by atoms with Crippen LogP contribution in [0.4, 0.5) is 0 Å². The molecule has 1 fully saturated rings. The Morgan fingerprint density at radius 2 is 2.10 bits per heavy atom. The second-order valence-electron chi connectivity index (χ2n) is 8.67. The zero-order chi connectivity index (χ0) is 20.7. The normalized spacial score (nSPS) is 26.1. The molecule has 1 saturated heterocycles. The van der Waals surface area contributed by atoms with Crippen LogP contribution in [0, 0.1) is 11.8 Å². The Morgan fingerprint density at radius 1 is 1.27 bits per heavy atom. The molecule has 3 aliphatic heterocycles. The Morgan fingerprint density at radius 3 is 2.87 bits per heavy atom. The lowest BCUT2D eigenvalue weighted by molar-refractivity contribution is -0.129. The van der Waals surface area contributed by atoms with Crippen LogP contribution in [-0.2, 0) is 22.5 Å². The van der Waals surface area contributed by atoms with Crippen molar-refractivity contribution in [3.05, 3.63) is 47.0 Å². The van der Waals surface area contributed by atoms with Crippen LogP contribution in [0.25, 0.3) is 5.57 Å². The number of amides is 1. The fraction of sp³-hybridized carbons (Fsp3) is 0.542. The number of aliphatic imine (C=N–C) groups is 1. The molecule has 1 aromatic heterocycles. The van der Waals surface area contributed by atoms with Crippen LogP contribution in [0.15, 0.2) is 35.0 Å². The number of carbonyl (C=O) groups excluding carboxylic acids is 1. The van der Waals surface area contributed by atoms with E-state index in [9.17, 15) is 4.79 Å². The Balaban J connectivity index is 1.58. The van der Waals surface area contributed by atoms with E-state index < -0.39 is 0 Å². The molecule has 6 heteroatoms. The molecule has 4 aliphatic rings. The third kappa shape index (κ3) is 3.27. The predicted molar refractivity (Wildman–Crippen MR) is 117 cm³/mol. The number of aromatic nitrogens is 2. The number of fused-ring (bicyclic) bond motifs is 2. The summed E-state index contributed by atoms with van der Waals surface area (Å²) in [5.74, 6) is 0.699. The molecule has 2 unspecified atom stereocenters. The Hall–Kier alpha value is -2.47. The molecule has 6 nitrogen and oxygen atoms in total. The third-order valence-corrected chi connectivity index (χ3v) is 7.01. The van der Waals surface area contributed by atoms with Crippen LogP contribution in [-0.4, -0.2) is 46.6 Å². The molecule has 1 amide bonds. The summed E-state index contributed by atoms with van der Waals surface area (Å²) in [6, 6.07) is 0.381. The highest BCUT2D eigenvalue weighted by Gasteiger charge is 2.35. The molecule has 0 radical (unpaired) electrons. The maximum atomic E-state index is 12.1. The monoisotopic (exact) mass is 406 g/mol. The van der Waals surface area contributed by atoms with E-state index >= 15 is 0 Å². The summed E-state index contributed by atoms with van der Waals surface area (Å²) in [5.41, 5.74) is 6.19. The van der Waals surface area contributed by atoms with Gasteiger partial charge in [-0.1, -0.05) is 25.2 Å². The van der Waals surface area contributed by atoms with Crippen molar-refractivity contribution in [3.63, 3.8) is 0 Å². The van der Waals surface area contributed by atoms with Crippen LogP contribution >= 0.6 is 0 Å². The van der Waals surface area contributed by atoms with Gasteiger partial charge in [-0.2, -0.15) is 5.10 Å². The van der Waals surface area contributed by atoms with Gasteiger partial charge in [0.25, 0.3) is 0 Å². The molecular weight excluding hydrogens is 376 g/mol. The molecule has 5 rings (SSSR count). The van der Waals surface area contributed by atoms with E-state index in [2.05, 4.69) is 41.0 Å². The lowest BCUT2D eigenvalue weighted by Gasteiger charge is -2.31. The summed E-state index contributed by atoms with van der Waals surface area (Å²) in [4.78, 5) is 18.7. The number of hydrogen-bond acceptors (Lipinski definition) is 4. The quantitative estimate of drug-likeness (QED) is 0.769. The minimum atomic E-state index is 0.135. The maximum Gasteiger partial charge on any atom is 0.219 e. The maximum absolute atomic E-state index is 12.1. The van der Waals surface area contributed by atoms with E-state index in [0.717, 1.165) is 51.1 Å². The zero-order valence-corrected chi connectivity index (χ0v) is 17.9. The summed E-state index contributed by atoms with van der Waals surface area (Å²) in [5, 5.41) is 5.21. The molecule has 30 heavy (non-hydrogen) atoms. The number of rotatable bonds is 3. The van der Waals surface area contributed by atoms with Gasteiger partial charge in [-0.3, -0.25) is 14.5 Å². The van der Waals surface area contributed by atoms with E-state index in [1.54, 1.807) is 6.92 Å². The highest BCUT2D eigenvalue weighted by atomic mass is 16.5. The molecule has 0 aromatic carbocycles. The van der Waals surface area contributed by atoms with Crippen LogP contribution in [0.1, 0.15) is 56.1 Å². The van der Waals surface area contributed by atoms with Crippen molar-refractivity contribution in [2.75, 3.05) is 19.8 Å². The Bertz CT molecular complexity index is 962. The van der Waals surface area contributed by atoms with Gasteiger partial charge in [0.15, 0.2) is 0 Å². The number of ether oxygens (including phenoxy) is 1. The topological polar surface area (TPSA) is 59.7 Å². The summed E-state index contributed by atoms with van der Waals surface area (Å²) < 4.78 is 7.87. The molecule has 1 aliphatic carbocycles. The van der Waals surface area contributed by atoms with E-state index in [-0.39, 0.29) is 11.8 Å². The summed E-state index contributed by atoms with van der Waals surface area (Å²) in [6.07, 6.45) is 14.6. The first-order chi connectivity index (χ1) is 14.7. The molecule has 0 spiro atoms. The lowest BCUT2D eigenvalue weighted by Crippen LogP contribution is -2.35. The highest BCUT2D eigenvalue weighted by molar-refractivity contribution is 5.87. The van der Waals surface area contributed by atoms with E-state index in [1.165, 1.54) is 22.4 Å². The summed E-state index contributed by atoms with van der Waals surface area (Å²) in [6.45, 7) is 6.87. The third-order valence-electron chi connectivity index (χ3n) is 7.01. The van der Waals surface area contributed by atoms with Gasteiger partial charge in [0, 0.05) is 75.2 Å². The molecule has 0 saturated carbocycles. The van der Waals surface area contributed by atoms with Crippen LogP contribution in [0.2, 0.25) is 0 Å². The molecule has 2 atom stereocenters. The van der Waals surface area contributed by atoms with Crippen molar-refractivity contribution in [3.8, 4) is 0 Å². The predicted octanol–water partition coefficient (Wildman–Crippen LogP) is 3.70.